The molecule has 18 heavy (non-hydrogen) atoms. The molecular formula is C14H17Br2NO. The van der Waals surface area contributed by atoms with Crippen molar-refractivity contribution in [3.63, 3.8) is 0 Å². The number of rotatable bonds is 5. The Labute approximate surface area is 125 Å². The maximum Gasteiger partial charge on any atom is 0.216 e. The molecule has 1 aromatic rings. The topological polar surface area (TPSA) is 21.6 Å². The van der Waals surface area contributed by atoms with E-state index >= 15 is 0 Å². The smallest absolute Gasteiger partial charge is 0.216 e. The van der Waals surface area contributed by atoms with Gasteiger partial charge in [-0.05, 0) is 37.1 Å². The predicted octanol–water partition coefficient (Wildman–Crippen LogP) is 4.55. The molecule has 0 radical (unpaired) electrons. The van der Waals surface area contributed by atoms with Crippen molar-refractivity contribution in [3.05, 3.63) is 34.3 Å². The van der Waals surface area contributed by atoms with Crippen LogP contribution in [0.4, 0.5) is 0 Å². The van der Waals surface area contributed by atoms with Gasteiger partial charge in [0.2, 0.25) is 5.90 Å². The number of hydrogen-bond acceptors (Lipinski definition) is 2. The fraction of sp³-hybridized carbons (Fsp3) is 0.500. The molecule has 4 heteroatoms. The normalized spacial score (nSPS) is 22.7. The summed E-state index contributed by atoms with van der Waals surface area (Å²) in [6, 6.07) is 8.10. The third-order valence-corrected chi connectivity index (χ3v) is 4.70. The third kappa shape index (κ3) is 3.15. The minimum atomic E-state index is -0.140. The van der Waals surface area contributed by atoms with Crippen LogP contribution in [-0.4, -0.2) is 23.4 Å². The summed E-state index contributed by atoms with van der Waals surface area (Å²) < 4.78 is 7.19. The first-order valence-corrected chi connectivity index (χ1v) is 8.16. The lowest BCUT2D eigenvalue weighted by atomic mass is 10.00. The second kappa shape index (κ2) is 6.20. The zero-order chi connectivity index (χ0) is 13.0. The molecule has 0 aliphatic carbocycles. The third-order valence-electron chi connectivity index (χ3n) is 3.14. The molecule has 0 N–H and O–H groups in total. The maximum absolute atomic E-state index is 6.11. The molecule has 0 amide bonds. The van der Waals surface area contributed by atoms with Gasteiger partial charge in [0.25, 0.3) is 0 Å². The predicted molar refractivity (Wildman–Crippen MR) is 82.7 cm³/mol. The molecule has 0 saturated heterocycles. The molecule has 0 unspecified atom stereocenters. The van der Waals surface area contributed by atoms with Gasteiger partial charge in [0, 0.05) is 15.4 Å². The highest BCUT2D eigenvalue weighted by Gasteiger charge is 2.36. The van der Waals surface area contributed by atoms with E-state index in [9.17, 15) is 0 Å². The van der Waals surface area contributed by atoms with Gasteiger partial charge < -0.3 is 4.74 Å². The average molecular weight is 375 g/mol. The van der Waals surface area contributed by atoms with Gasteiger partial charge in [0.1, 0.15) is 5.60 Å². The lowest BCUT2D eigenvalue weighted by Gasteiger charge is -2.26. The number of aliphatic imine (C=N–C) groups is 1. The van der Waals surface area contributed by atoms with Crippen LogP contribution in [-0.2, 0) is 4.74 Å². The fourth-order valence-corrected chi connectivity index (χ4v) is 2.83. The van der Waals surface area contributed by atoms with E-state index in [1.54, 1.807) is 0 Å². The number of unbranched alkanes of at least 4 members (excludes halogenated alkanes) is 1. The number of alkyl halides is 1. The van der Waals surface area contributed by atoms with Crippen molar-refractivity contribution in [3.8, 4) is 0 Å². The summed E-state index contributed by atoms with van der Waals surface area (Å²) in [5, 5.41) is 0.837. The second-order valence-electron chi connectivity index (χ2n) is 4.65. The molecule has 1 aromatic carbocycles. The highest BCUT2D eigenvalue weighted by Crippen LogP contribution is 2.29. The van der Waals surface area contributed by atoms with E-state index in [1.807, 2.05) is 24.3 Å². The lowest BCUT2D eigenvalue weighted by Crippen LogP contribution is -2.35. The zero-order valence-corrected chi connectivity index (χ0v) is 13.6. The molecule has 1 heterocycles. The Kier molecular flexibility index (Phi) is 4.84. The van der Waals surface area contributed by atoms with Crippen LogP contribution >= 0.6 is 31.9 Å². The first-order chi connectivity index (χ1) is 8.69. The number of ether oxygens (including phenoxy) is 1. The highest BCUT2D eigenvalue weighted by atomic mass is 79.9. The van der Waals surface area contributed by atoms with Gasteiger partial charge in [-0.2, -0.15) is 0 Å². The average Bonchev–Trinajstić information content (AvgIpc) is 2.82. The van der Waals surface area contributed by atoms with Crippen LogP contribution in [0.25, 0.3) is 0 Å². The second-order valence-corrected chi connectivity index (χ2v) is 6.13. The van der Waals surface area contributed by atoms with Crippen molar-refractivity contribution in [2.45, 2.75) is 31.8 Å². The highest BCUT2D eigenvalue weighted by molar-refractivity contribution is 9.10. The summed E-state index contributed by atoms with van der Waals surface area (Å²) >= 11 is 7.01. The molecule has 0 saturated carbocycles. The molecule has 2 nitrogen and oxygen atoms in total. The SMILES string of the molecule is CCCC[C@]1(CBr)CN=C(c2ccc(Br)cc2)O1. The van der Waals surface area contributed by atoms with Crippen LogP contribution in [0, 0.1) is 0 Å². The van der Waals surface area contributed by atoms with E-state index < -0.39 is 0 Å². The first kappa shape index (κ1) is 14.1. The van der Waals surface area contributed by atoms with E-state index in [0.717, 1.165) is 34.2 Å². The van der Waals surface area contributed by atoms with E-state index in [-0.39, 0.29) is 5.60 Å². The minimum Gasteiger partial charge on any atom is -0.468 e. The summed E-state index contributed by atoms with van der Waals surface area (Å²) in [7, 11) is 0. The van der Waals surface area contributed by atoms with E-state index in [0.29, 0.717) is 0 Å². The van der Waals surface area contributed by atoms with Crippen molar-refractivity contribution in [2.75, 3.05) is 11.9 Å². The monoisotopic (exact) mass is 373 g/mol. The summed E-state index contributed by atoms with van der Waals surface area (Å²) in [5.41, 5.74) is 0.913. The van der Waals surface area contributed by atoms with Crippen LogP contribution < -0.4 is 0 Å². The maximum atomic E-state index is 6.11. The number of benzene rings is 1. The number of hydrogen-bond donors (Lipinski definition) is 0. The molecule has 98 valence electrons. The summed E-state index contributed by atoms with van der Waals surface area (Å²) in [5.74, 6) is 0.776. The van der Waals surface area contributed by atoms with Crippen LogP contribution in [0.2, 0.25) is 0 Å². The fourth-order valence-electron chi connectivity index (χ4n) is 1.99. The van der Waals surface area contributed by atoms with E-state index in [1.165, 1.54) is 12.8 Å². The van der Waals surface area contributed by atoms with Crippen molar-refractivity contribution < 1.29 is 4.74 Å². The number of nitrogens with zero attached hydrogens (tertiary/aromatic N) is 1. The summed E-state index contributed by atoms with van der Waals surface area (Å²) in [6.45, 7) is 2.96. The van der Waals surface area contributed by atoms with Gasteiger partial charge >= 0.3 is 0 Å². The molecule has 1 aliphatic rings. The Morgan fingerprint density at radius 1 is 1.33 bits per heavy atom. The first-order valence-electron chi connectivity index (χ1n) is 6.24. The van der Waals surface area contributed by atoms with Gasteiger partial charge in [-0.1, -0.05) is 45.2 Å². The standard InChI is InChI=1S/C14H17Br2NO/c1-2-3-8-14(9-15)10-17-13(18-14)11-4-6-12(16)7-5-11/h4-7H,2-3,8-10H2,1H3/t14-/m0/s1. The van der Waals surface area contributed by atoms with Gasteiger partial charge in [0.15, 0.2) is 0 Å². The van der Waals surface area contributed by atoms with Crippen LogP contribution in [0.1, 0.15) is 31.7 Å². The van der Waals surface area contributed by atoms with E-state index in [4.69, 9.17) is 4.74 Å². The lowest BCUT2D eigenvalue weighted by molar-refractivity contribution is 0.103. The molecule has 0 spiro atoms. The van der Waals surface area contributed by atoms with Crippen molar-refractivity contribution in [2.24, 2.45) is 4.99 Å². The van der Waals surface area contributed by atoms with Crippen LogP contribution in [0.3, 0.4) is 0 Å². The summed E-state index contributed by atoms with van der Waals surface area (Å²) in [4.78, 5) is 4.56. The minimum absolute atomic E-state index is 0.140. The quantitative estimate of drug-likeness (QED) is 0.692. The van der Waals surface area contributed by atoms with Gasteiger partial charge in [0.05, 0.1) is 6.54 Å². The number of halogens is 2. The van der Waals surface area contributed by atoms with Gasteiger partial charge in [-0.15, -0.1) is 0 Å². The van der Waals surface area contributed by atoms with Gasteiger partial charge in [-0.25, -0.2) is 4.99 Å². The Morgan fingerprint density at radius 3 is 2.67 bits per heavy atom. The molecule has 0 bridgehead atoms. The molecule has 0 fully saturated rings. The Morgan fingerprint density at radius 2 is 2.06 bits per heavy atom. The van der Waals surface area contributed by atoms with Crippen molar-refractivity contribution in [1.29, 1.82) is 0 Å². The van der Waals surface area contributed by atoms with Gasteiger partial charge in [-0.3, -0.25) is 0 Å². The van der Waals surface area contributed by atoms with E-state index in [2.05, 4.69) is 43.8 Å². The van der Waals surface area contributed by atoms with Crippen LogP contribution in [0.15, 0.2) is 33.7 Å². The Hall–Kier alpha value is -0.350. The van der Waals surface area contributed by atoms with Crippen LogP contribution in [0.5, 0.6) is 0 Å². The molecule has 2 rings (SSSR count). The molecule has 1 aliphatic heterocycles. The molecule has 0 aromatic heterocycles. The summed E-state index contributed by atoms with van der Waals surface area (Å²) in [6.07, 6.45) is 3.42. The zero-order valence-electron chi connectivity index (χ0n) is 10.5. The van der Waals surface area contributed by atoms with Crippen molar-refractivity contribution >= 4 is 37.8 Å². The molecule has 1 atom stereocenters. The molecular weight excluding hydrogens is 358 g/mol. The Balaban J connectivity index is 2.07. The largest absolute Gasteiger partial charge is 0.468 e. The van der Waals surface area contributed by atoms with Crippen molar-refractivity contribution in [1.82, 2.24) is 0 Å². The Bertz CT molecular complexity index is 430.